The van der Waals surface area contributed by atoms with Gasteiger partial charge in [0.1, 0.15) is 0 Å². The number of hydrogen-bond acceptors (Lipinski definition) is 0. The Balaban J connectivity index is 0.818. The van der Waals surface area contributed by atoms with Gasteiger partial charge >= 0.3 is 0 Å². The Labute approximate surface area is 398 Å². The molecule has 0 aromatic heterocycles. The minimum atomic E-state index is 1.10. The van der Waals surface area contributed by atoms with Gasteiger partial charge in [-0.15, -0.1) is 0 Å². The predicted octanol–water partition coefficient (Wildman–Crippen LogP) is 19.1. The van der Waals surface area contributed by atoms with Crippen molar-refractivity contribution in [2.45, 2.75) is 270 Å². The smallest absolute Gasteiger partial charge is 0.0318 e. The molecule has 12 aliphatic rings. The SMILES string of the molecule is C1CCC(C2CCC(C3CCCCC3C3C4CCCCC4C(C4C5CCCCC5C(C5CCCCC5C5CCC(C6CCCCC6)CC5)C5CCCCC54)C4CCCCC43)CC2)CC1. The number of fused-ring (bicyclic) bond motifs is 4. The van der Waals surface area contributed by atoms with Crippen molar-refractivity contribution < 1.29 is 0 Å². The lowest BCUT2D eigenvalue weighted by atomic mass is 9.38. The lowest BCUT2D eigenvalue weighted by Gasteiger charge is -2.66. The van der Waals surface area contributed by atoms with E-state index in [0.29, 0.717) is 0 Å². The first kappa shape index (κ1) is 45.2. The molecule has 0 heterocycles. The van der Waals surface area contributed by atoms with Gasteiger partial charge in [0, 0.05) is 0 Å². The Bertz CT molecular complexity index is 1280. The van der Waals surface area contributed by atoms with E-state index in [1.54, 1.807) is 257 Å². The maximum atomic E-state index is 1.67. The van der Waals surface area contributed by atoms with Crippen molar-refractivity contribution in [3.05, 3.63) is 0 Å². The summed E-state index contributed by atoms with van der Waals surface area (Å²) in [6, 6.07) is 0. The molecule has 12 rings (SSSR count). The summed E-state index contributed by atoms with van der Waals surface area (Å²) < 4.78 is 0. The largest absolute Gasteiger partial charge is 0.0533 e. The quantitative estimate of drug-likeness (QED) is 0.239. The summed E-state index contributed by atoms with van der Waals surface area (Å²) >= 11 is 0. The van der Waals surface area contributed by atoms with Crippen LogP contribution in [0.3, 0.4) is 0 Å². The van der Waals surface area contributed by atoms with Gasteiger partial charge in [-0.2, -0.15) is 0 Å². The Kier molecular flexibility index (Phi) is 14.6. The van der Waals surface area contributed by atoms with Crippen LogP contribution in [0.15, 0.2) is 0 Å². The summed E-state index contributed by atoms with van der Waals surface area (Å²) in [5.74, 6) is 24.6. The van der Waals surface area contributed by atoms with Gasteiger partial charge in [-0.05, 0) is 259 Å². The Hall–Kier alpha value is 0. The van der Waals surface area contributed by atoms with E-state index in [9.17, 15) is 0 Å². The van der Waals surface area contributed by atoms with Gasteiger partial charge < -0.3 is 0 Å². The van der Waals surface area contributed by atoms with Crippen LogP contribution < -0.4 is 0 Å². The zero-order valence-corrected chi connectivity index (χ0v) is 42.4. The summed E-state index contributed by atoms with van der Waals surface area (Å²) in [5, 5.41) is 0. The first-order chi connectivity index (χ1) is 31.8. The molecule has 12 saturated carbocycles. The Morgan fingerprint density at radius 3 is 0.547 bits per heavy atom. The fraction of sp³-hybridized carbons (Fsp3) is 1.00. The van der Waals surface area contributed by atoms with Gasteiger partial charge in [-0.3, -0.25) is 0 Å². The second-order valence-electron chi connectivity index (χ2n) is 28.1. The van der Waals surface area contributed by atoms with Crippen molar-refractivity contribution in [1.29, 1.82) is 0 Å². The third kappa shape index (κ3) is 8.79. The van der Waals surface area contributed by atoms with Gasteiger partial charge in [0.05, 0.1) is 0 Å². The van der Waals surface area contributed by atoms with E-state index in [2.05, 4.69) is 0 Å². The molecule has 64 heavy (non-hydrogen) atoms. The molecular formula is C64H106. The van der Waals surface area contributed by atoms with E-state index in [4.69, 9.17) is 0 Å². The van der Waals surface area contributed by atoms with Crippen LogP contribution in [0.5, 0.6) is 0 Å². The van der Waals surface area contributed by atoms with E-state index in [0.717, 1.165) is 130 Å². The molecule has 0 aromatic carbocycles. The highest BCUT2D eigenvalue weighted by Crippen LogP contribution is 2.69. The van der Waals surface area contributed by atoms with Crippen molar-refractivity contribution in [2.24, 2.45) is 130 Å². The second kappa shape index (κ2) is 20.8. The molecule has 0 aliphatic heterocycles. The van der Waals surface area contributed by atoms with Crippen molar-refractivity contribution in [3.8, 4) is 0 Å². The van der Waals surface area contributed by atoms with Crippen molar-refractivity contribution in [3.63, 3.8) is 0 Å². The van der Waals surface area contributed by atoms with Crippen LogP contribution in [0.25, 0.3) is 0 Å². The molecule has 12 atom stereocenters. The lowest BCUT2D eigenvalue weighted by molar-refractivity contribution is -0.181. The molecule has 0 radical (unpaired) electrons. The van der Waals surface area contributed by atoms with E-state index in [-0.39, 0.29) is 0 Å². The van der Waals surface area contributed by atoms with Crippen LogP contribution in [0, 0.1) is 130 Å². The fourth-order valence-electron chi connectivity index (χ4n) is 24.1. The van der Waals surface area contributed by atoms with Gasteiger partial charge in [-0.25, -0.2) is 0 Å². The Morgan fingerprint density at radius 1 is 0.109 bits per heavy atom. The van der Waals surface area contributed by atoms with Crippen molar-refractivity contribution in [1.82, 2.24) is 0 Å². The molecule has 0 aromatic rings. The molecule has 0 nitrogen and oxygen atoms in total. The molecule has 0 bridgehead atoms. The topological polar surface area (TPSA) is 0 Å². The van der Waals surface area contributed by atoms with Gasteiger partial charge in [0.25, 0.3) is 0 Å². The zero-order valence-electron chi connectivity index (χ0n) is 42.4. The number of rotatable bonds is 7. The van der Waals surface area contributed by atoms with Crippen LogP contribution in [0.4, 0.5) is 0 Å². The Morgan fingerprint density at radius 2 is 0.281 bits per heavy atom. The zero-order chi connectivity index (χ0) is 42.4. The first-order valence-electron chi connectivity index (χ1n) is 31.8. The highest BCUT2D eigenvalue weighted by Gasteiger charge is 2.62. The van der Waals surface area contributed by atoms with Gasteiger partial charge in [-0.1, -0.05) is 141 Å². The third-order valence-electron chi connectivity index (χ3n) is 26.1. The molecule has 362 valence electrons. The monoisotopic (exact) mass is 875 g/mol. The van der Waals surface area contributed by atoms with Crippen LogP contribution in [-0.4, -0.2) is 0 Å². The van der Waals surface area contributed by atoms with Crippen LogP contribution in [-0.2, 0) is 0 Å². The molecule has 12 unspecified atom stereocenters. The average Bonchev–Trinajstić information content (AvgIpc) is 3.38. The van der Waals surface area contributed by atoms with Gasteiger partial charge in [0.15, 0.2) is 0 Å². The van der Waals surface area contributed by atoms with Crippen molar-refractivity contribution in [2.75, 3.05) is 0 Å². The molecule has 0 saturated heterocycles. The minimum absolute atomic E-state index is 1.10. The summed E-state index contributed by atoms with van der Waals surface area (Å²) in [6.45, 7) is 0. The highest BCUT2D eigenvalue weighted by atomic mass is 14.7. The second-order valence-corrected chi connectivity index (χ2v) is 28.1. The fourth-order valence-corrected chi connectivity index (χ4v) is 24.1. The molecule has 0 heteroatoms. The van der Waals surface area contributed by atoms with Crippen LogP contribution >= 0.6 is 0 Å². The number of hydrogen-bond donors (Lipinski definition) is 0. The molecule has 0 spiro atoms. The van der Waals surface area contributed by atoms with Crippen LogP contribution in [0.2, 0.25) is 0 Å². The molecule has 12 fully saturated rings. The summed E-state index contributed by atoms with van der Waals surface area (Å²) in [5.41, 5.74) is 0. The van der Waals surface area contributed by atoms with Crippen molar-refractivity contribution >= 4 is 0 Å². The maximum absolute atomic E-state index is 1.67. The maximum Gasteiger partial charge on any atom is -0.0318 e. The average molecular weight is 876 g/mol. The molecule has 0 amide bonds. The summed E-state index contributed by atoms with van der Waals surface area (Å²) in [7, 11) is 0. The molecular weight excluding hydrogens is 769 g/mol. The summed E-state index contributed by atoms with van der Waals surface area (Å²) in [6.07, 6.45) is 67.7. The molecule has 12 aliphatic carbocycles. The van der Waals surface area contributed by atoms with Crippen LogP contribution in [0.1, 0.15) is 270 Å². The lowest BCUT2D eigenvalue weighted by Crippen LogP contribution is -2.60. The minimum Gasteiger partial charge on any atom is -0.0533 e. The highest BCUT2D eigenvalue weighted by molar-refractivity contribution is 5.11. The van der Waals surface area contributed by atoms with E-state index in [1.807, 2.05) is 0 Å². The third-order valence-corrected chi connectivity index (χ3v) is 26.1. The van der Waals surface area contributed by atoms with E-state index < -0.39 is 0 Å². The standard InChI is InChI=1S/C64H106/c1-3-19-43(20-4-1)45-35-39-47(40-36-45)49-23-7-9-25-51(49)61-53-27-11-15-31-57(53)63(58-32-16-12-28-54(58)61)64-59-33-17-13-29-55(59)62(56-30-14-18-34-60(56)64)52-26-10-8-24-50(52)48-41-37-46(38-42-48)44-21-5-2-6-22-44/h43-64H,1-42H2. The first-order valence-corrected chi connectivity index (χ1v) is 31.8. The van der Waals surface area contributed by atoms with Gasteiger partial charge in [0.2, 0.25) is 0 Å². The predicted molar refractivity (Wildman–Crippen MR) is 271 cm³/mol. The normalized spacial score (nSPS) is 51.2. The summed E-state index contributed by atoms with van der Waals surface area (Å²) in [4.78, 5) is 0. The van der Waals surface area contributed by atoms with E-state index in [1.165, 1.54) is 12.8 Å². The van der Waals surface area contributed by atoms with E-state index >= 15 is 0 Å². The molecule has 0 N–H and O–H groups in total.